The second-order valence-corrected chi connectivity index (χ2v) is 15.2. The topological polar surface area (TPSA) is 129 Å². The van der Waals surface area contributed by atoms with E-state index in [2.05, 4.69) is 30.3 Å². The van der Waals surface area contributed by atoms with E-state index in [1.54, 1.807) is 42.5 Å². The maximum atomic E-state index is 14.3. The zero-order valence-corrected chi connectivity index (χ0v) is 33.3. The predicted molar refractivity (Wildman–Crippen MR) is 240 cm³/mol. The van der Waals surface area contributed by atoms with Crippen LogP contribution in [0.2, 0.25) is 0 Å². The molecule has 0 unspecified atom stereocenters. The Hall–Kier alpha value is -9.40. The predicted octanol–water partition coefficient (Wildman–Crippen LogP) is 13.3. The van der Waals surface area contributed by atoms with Crippen molar-refractivity contribution in [2.75, 3.05) is 0 Å². The second kappa shape index (κ2) is 14.9. The van der Waals surface area contributed by atoms with Crippen LogP contribution in [0.4, 0.5) is 13.2 Å². The summed E-state index contributed by atoms with van der Waals surface area (Å²) in [5.41, 5.74) is 7.54. The van der Waals surface area contributed by atoms with Crippen LogP contribution in [0.25, 0.3) is 88.4 Å². The van der Waals surface area contributed by atoms with Crippen molar-refractivity contribution in [2.24, 2.45) is 0 Å². The number of halogens is 3. The van der Waals surface area contributed by atoms with Gasteiger partial charge in [0.1, 0.15) is 11.6 Å². The first kappa shape index (κ1) is 38.8. The fourth-order valence-corrected chi connectivity index (χ4v) is 8.83. The fourth-order valence-electron chi connectivity index (χ4n) is 8.83. The molecule has 64 heavy (non-hydrogen) atoms. The van der Waals surface area contributed by atoms with E-state index in [0.717, 1.165) is 44.7 Å². The first-order chi connectivity index (χ1) is 31.1. The molecule has 0 saturated heterocycles. The van der Waals surface area contributed by atoms with Gasteiger partial charge >= 0.3 is 6.18 Å². The van der Waals surface area contributed by atoms with E-state index < -0.39 is 11.7 Å². The van der Waals surface area contributed by atoms with Crippen LogP contribution in [-0.2, 0) is 6.18 Å². The van der Waals surface area contributed by atoms with Gasteiger partial charge in [0.2, 0.25) is 0 Å². The molecular weight excluding hydrogens is 804 g/mol. The SMILES string of the molecule is N#Cc1ccc(-c2ccc3c4ccccc4n(-c4cc(-c5cccc(C(F)(F)F)c5)cc(-n5c6ccccc6c6ccc(-c7ccc(C#N)cc7C#N)cc65)c4C#N)c3c2)c(C#N)c1. The monoisotopic (exact) mass is 829 g/mol. The van der Waals surface area contributed by atoms with Crippen LogP contribution in [-0.4, -0.2) is 9.13 Å². The van der Waals surface area contributed by atoms with Gasteiger partial charge in [-0.2, -0.15) is 39.5 Å². The number of para-hydroxylation sites is 2. The average molecular weight is 830 g/mol. The van der Waals surface area contributed by atoms with Crippen LogP contribution in [0.15, 0.2) is 158 Å². The quantitative estimate of drug-likeness (QED) is 0.171. The zero-order valence-electron chi connectivity index (χ0n) is 33.3. The molecule has 0 bridgehead atoms. The van der Waals surface area contributed by atoms with Crippen LogP contribution < -0.4 is 0 Å². The molecule has 2 aromatic heterocycles. The minimum Gasteiger partial charge on any atom is -0.308 e. The first-order valence-electron chi connectivity index (χ1n) is 19.9. The van der Waals surface area contributed by atoms with Crippen molar-refractivity contribution >= 4 is 43.6 Å². The molecule has 298 valence electrons. The molecule has 10 heteroatoms. The van der Waals surface area contributed by atoms with Crippen molar-refractivity contribution in [1.29, 1.82) is 26.3 Å². The van der Waals surface area contributed by atoms with Gasteiger partial charge in [0.25, 0.3) is 0 Å². The molecule has 2 heterocycles. The Bertz CT molecular complexity index is 3640. The number of nitriles is 5. The van der Waals surface area contributed by atoms with Crippen LogP contribution in [0.5, 0.6) is 0 Å². The number of rotatable bonds is 5. The van der Waals surface area contributed by atoms with Crippen molar-refractivity contribution in [1.82, 2.24) is 9.13 Å². The van der Waals surface area contributed by atoms with Crippen molar-refractivity contribution in [3.05, 3.63) is 191 Å². The number of fused-ring (bicyclic) bond motifs is 6. The van der Waals surface area contributed by atoms with Crippen LogP contribution in [0, 0.1) is 56.7 Å². The molecule has 0 saturated carbocycles. The summed E-state index contributed by atoms with van der Waals surface area (Å²) in [6.45, 7) is 0. The van der Waals surface area contributed by atoms with Gasteiger partial charge < -0.3 is 9.13 Å². The zero-order chi connectivity index (χ0) is 44.3. The highest BCUT2D eigenvalue weighted by Crippen LogP contribution is 2.43. The number of benzene rings is 8. The number of alkyl halides is 3. The fraction of sp³-hybridized carbons (Fsp3) is 0.0185. The van der Waals surface area contributed by atoms with Crippen molar-refractivity contribution in [2.45, 2.75) is 6.18 Å². The van der Waals surface area contributed by atoms with Crippen molar-refractivity contribution in [3.8, 4) is 75.1 Å². The molecule has 0 aliphatic rings. The third-order valence-electron chi connectivity index (χ3n) is 11.7. The van der Waals surface area contributed by atoms with Gasteiger partial charge in [0.15, 0.2) is 0 Å². The van der Waals surface area contributed by atoms with E-state index >= 15 is 0 Å². The summed E-state index contributed by atoms with van der Waals surface area (Å²) < 4.78 is 46.9. The average Bonchev–Trinajstić information content (AvgIpc) is 3.84. The Morgan fingerprint density at radius 2 is 0.859 bits per heavy atom. The normalized spacial score (nSPS) is 11.3. The van der Waals surface area contributed by atoms with Gasteiger partial charge in [-0.1, -0.05) is 84.9 Å². The Balaban J connectivity index is 1.33. The molecule has 8 aromatic carbocycles. The minimum atomic E-state index is -4.62. The van der Waals surface area contributed by atoms with Gasteiger partial charge in [0.05, 0.1) is 85.5 Å². The van der Waals surface area contributed by atoms with E-state index in [4.69, 9.17) is 0 Å². The minimum absolute atomic E-state index is 0.226. The molecule has 7 nitrogen and oxygen atoms in total. The highest BCUT2D eigenvalue weighted by molar-refractivity contribution is 6.12. The molecule has 0 spiro atoms. The lowest BCUT2D eigenvalue weighted by atomic mass is 9.97. The Morgan fingerprint density at radius 1 is 0.375 bits per heavy atom. The lowest BCUT2D eigenvalue weighted by Gasteiger charge is -2.19. The molecule has 0 atom stereocenters. The van der Waals surface area contributed by atoms with Gasteiger partial charge in [-0.3, -0.25) is 0 Å². The maximum Gasteiger partial charge on any atom is 0.416 e. The standard InChI is InChI=1S/C54H26F3N7/c55-54(56,57)40-7-5-6-34(22-40)37-25-52(63-48-10-3-1-8-43(48)45-18-14-35(23-50(45)63)41-16-12-32(27-58)20-38(41)29-60)47(31-62)53(26-37)64-49-11-4-2-9-44(49)46-19-15-36(24-51(46)64)42-17-13-33(28-59)21-39(42)30-61/h1-26H. The summed E-state index contributed by atoms with van der Waals surface area (Å²) in [6.07, 6.45) is -4.62. The smallest absolute Gasteiger partial charge is 0.308 e. The van der Waals surface area contributed by atoms with Crippen molar-refractivity contribution < 1.29 is 13.2 Å². The Morgan fingerprint density at radius 3 is 1.31 bits per heavy atom. The Labute approximate surface area is 363 Å². The van der Waals surface area contributed by atoms with Crippen LogP contribution >= 0.6 is 0 Å². The number of hydrogen-bond donors (Lipinski definition) is 0. The van der Waals surface area contributed by atoms with Gasteiger partial charge in [0, 0.05) is 21.5 Å². The molecular formula is C54H26F3N7. The summed E-state index contributed by atoms with van der Waals surface area (Å²) in [5, 5.41) is 54.2. The number of aromatic nitrogens is 2. The van der Waals surface area contributed by atoms with Crippen LogP contribution in [0.1, 0.15) is 33.4 Å². The lowest BCUT2D eigenvalue weighted by molar-refractivity contribution is -0.137. The summed E-state index contributed by atoms with van der Waals surface area (Å²) in [6, 6.07) is 56.4. The third-order valence-corrected chi connectivity index (χ3v) is 11.7. The molecule has 10 rings (SSSR count). The molecule has 0 radical (unpaired) electrons. The Kier molecular flexibility index (Phi) is 9.06. The molecule has 0 aliphatic heterocycles. The number of hydrogen-bond acceptors (Lipinski definition) is 5. The van der Waals surface area contributed by atoms with Crippen LogP contribution in [0.3, 0.4) is 0 Å². The van der Waals surface area contributed by atoms with Gasteiger partial charge in [-0.05, 0) is 106 Å². The van der Waals surface area contributed by atoms with E-state index in [1.807, 2.05) is 94.1 Å². The molecule has 0 aliphatic carbocycles. The lowest BCUT2D eigenvalue weighted by Crippen LogP contribution is -2.06. The van der Waals surface area contributed by atoms with Gasteiger partial charge in [-0.25, -0.2) is 0 Å². The number of nitrogens with zero attached hydrogens (tertiary/aromatic N) is 7. The summed E-state index contributed by atoms with van der Waals surface area (Å²) in [4.78, 5) is 0. The van der Waals surface area contributed by atoms with E-state index in [1.165, 1.54) is 18.2 Å². The first-order valence-corrected chi connectivity index (χ1v) is 19.9. The molecule has 0 amide bonds. The highest BCUT2D eigenvalue weighted by atomic mass is 19.4. The highest BCUT2D eigenvalue weighted by Gasteiger charge is 2.31. The second-order valence-electron chi connectivity index (χ2n) is 15.2. The third kappa shape index (κ3) is 6.17. The summed E-state index contributed by atoms with van der Waals surface area (Å²) in [7, 11) is 0. The maximum absolute atomic E-state index is 14.3. The van der Waals surface area contributed by atoms with Crippen molar-refractivity contribution in [3.63, 3.8) is 0 Å². The van der Waals surface area contributed by atoms with E-state index in [0.29, 0.717) is 72.5 Å². The molecule has 0 fully saturated rings. The summed E-state index contributed by atoms with van der Waals surface area (Å²) in [5.74, 6) is 0. The largest absolute Gasteiger partial charge is 0.416 e. The molecule has 0 N–H and O–H groups in total. The molecule has 10 aromatic rings. The van der Waals surface area contributed by atoms with E-state index in [-0.39, 0.29) is 11.1 Å². The van der Waals surface area contributed by atoms with Gasteiger partial charge in [-0.15, -0.1) is 0 Å². The van der Waals surface area contributed by atoms with E-state index in [9.17, 15) is 39.5 Å². The summed E-state index contributed by atoms with van der Waals surface area (Å²) >= 11 is 0.